The van der Waals surface area contributed by atoms with Gasteiger partial charge < -0.3 is 10.6 Å². The summed E-state index contributed by atoms with van der Waals surface area (Å²) in [6.07, 6.45) is 3.48. The van der Waals surface area contributed by atoms with Crippen LogP contribution in [0.2, 0.25) is 0 Å². The molecule has 3 rings (SSSR count). The maximum absolute atomic E-state index is 11.9. The molecule has 0 radical (unpaired) electrons. The third kappa shape index (κ3) is 3.08. The third-order valence-corrected chi connectivity index (χ3v) is 5.58. The molecule has 0 saturated carbocycles. The lowest BCUT2D eigenvalue weighted by Gasteiger charge is -2.18. The molecule has 2 aliphatic rings. The van der Waals surface area contributed by atoms with E-state index < -0.39 is 18.1 Å². The summed E-state index contributed by atoms with van der Waals surface area (Å²) in [4.78, 5) is 48.4. The zero-order chi connectivity index (χ0) is 16.6. The molecular formula is C13H11N3O5S2. The number of primary amides is 1. The number of carbonyl (C=O) groups is 3. The Kier molecular flexibility index (Phi) is 4.09. The number of likely N-dealkylation sites (N-methyl/N-ethyl adjacent to an activating group) is 1. The molecule has 2 N–H and O–H groups in total. The Morgan fingerprint density at radius 2 is 2.17 bits per heavy atom. The van der Waals surface area contributed by atoms with Crippen molar-refractivity contribution in [3.8, 4) is 0 Å². The van der Waals surface area contributed by atoms with Crippen LogP contribution in [0.4, 0.5) is 4.79 Å². The first-order valence-electron chi connectivity index (χ1n) is 6.44. The summed E-state index contributed by atoms with van der Waals surface area (Å²) in [5.74, 6) is -0.359. The molecule has 1 amide bonds. The highest BCUT2D eigenvalue weighted by Crippen LogP contribution is 2.32. The van der Waals surface area contributed by atoms with E-state index in [4.69, 9.17) is 5.73 Å². The first kappa shape index (κ1) is 15.6. The Balaban J connectivity index is 1.87. The minimum absolute atomic E-state index is 0.0739. The third-order valence-electron chi connectivity index (χ3n) is 3.19. The number of carbonyl (C=O) groups excluding carboxylic acids is 3. The van der Waals surface area contributed by atoms with Gasteiger partial charge >= 0.3 is 12.1 Å². The highest BCUT2D eigenvalue weighted by molar-refractivity contribution is 8.08. The highest BCUT2D eigenvalue weighted by atomic mass is 32.2. The van der Waals surface area contributed by atoms with Crippen LogP contribution in [0.5, 0.6) is 0 Å². The molecule has 1 aliphatic heterocycles. The molecular weight excluding hydrogens is 342 g/mol. The van der Waals surface area contributed by atoms with E-state index >= 15 is 0 Å². The monoisotopic (exact) mass is 353 g/mol. The minimum Gasteiger partial charge on any atom is -0.353 e. The van der Waals surface area contributed by atoms with Crippen molar-refractivity contribution in [2.24, 2.45) is 5.73 Å². The second kappa shape index (κ2) is 6.05. The van der Waals surface area contributed by atoms with Gasteiger partial charge in [0.2, 0.25) is 0 Å². The van der Waals surface area contributed by atoms with Gasteiger partial charge in [-0.3, -0.25) is 4.79 Å². The van der Waals surface area contributed by atoms with Gasteiger partial charge in [-0.2, -0.15) is 0 Å². The topological polar surface area (TPSA) is 112 Å². The van der Waals surface area contributed by atoms with Gasteiger partial charge in [0, 0.05) is 18.9 Å². The largest absolute Gasteiger partial charge is 0.447 e. The summed E-state index contributed by atoms with van der Waals surface area (Å²) in [6.45, 7) is 0. The van der Waals surface area contributed by atoms with Gasteiger partial charge in [0.15, 0.2) is 5.78 Å². The van der Waals surface area contributed by atoms with E-state index in [1.165, 1.54) is 35.3 Å². The Hall–Kier alpha value is -2.33. The quantitative estimate of drug-likeness (QED) is 0.515. The number of nitrogens with two attached hydrogens (primary N) is 1. The summed E-state index contributed by atoms with van der Waals surface area (Å²) >= 11 is 2.81. The summed E-state index contributed by atoms with van der Waals surface area (Å²) in [5, 5.41) is 0.791. The van der Waals surface area contributed by atoms with Crippen LogP contribution < -0.4 is 14.9 Å². The normalized spacial score (nSPS) is 21.7. The lowest BCUT2D eigenvalue weighted by atomic mass is 10.2. The molecule has 120 valence electrons. The van der Waals surface area contributed by atoms with Crippen molar-refractivity contribution in [1.82, 2.24) is 9.88 Å². The number of amides is 1. The molecule has 0 spiro atoms. The number of ketones is 1. The second-order valence-corrected chi connectivity index (χ2v) is 6.74. The van der Waals surface area contributed by atoms with Crippen molar-refractivity contribution in [3.05, 3.63) is 21.0 Å². The van der Waals surface area contributed by atoms with Crippen LogP contribution in [-0.4, -0.2) is 46.6 Å². The molecule has 10 heteroatoms. The zero-order valence-corrected chi connectivity index (χ0v) is 13.5. The number of rotatable bonds is 1. The number of hydrogen-bond acceptors (Lipinski definition) is 9. The van der Waals surface area contributed by atoms with E-state index in [0.29, 0.717) is 10.4 Å². The van der Waals surface area contributed by atoms with Crippen LogP contribution in [0.15, 0.2) is 6.08 Å². The van der Waals surface area contributed by atoms with Crippen LogP contribution in [0.25, 0.3) is 17.2 Å². The van der Waals surface area contributed by atoms with Crippen LogP contribution in [0.3, 0.4) is 0 Å². The number of thioether (sulfide) groups is 1. The minimum atomic E-state index is -1.18. The summed E-state index contributed by atoms with van der Waals surface area (Å²) in [7, 11) is 1.72. The lowest BCUT2D eigenvalue weighted by molar-refractivity contribution is -0.234. The number of fused-ring (bicyclic) bond motifs is 1. The average Bonchev–Trinajstić information content (AvgIpc) is 3.07. The van der Waals surface area contributed by atoms with Gasteiger partial charge in [0.05, 0.1) is 10.2 Å². The van der Waals surface area contributed by atoms with E-state index in [1.807, 2.05) is 0 Å². The van der Waals surface area contributed by atoms with Gasteiger partial charge in [-0.1, -0.05) is 0 Å². The van der Waals surface area contributed by atoms with Crippen molar-refractivity contribution in [3.63, 3.8) is 0 Å². The predicted octanol–water partition coefficient (Wildman–Crippen LogP) is -0.814. The van der Waals surface area contributed by atoms with Gasteiger partial charge in [0.1, 0.15) is 15.7 Å². The molecule has 0 unspecified atom stereocenters. The first-order valence-corrected chi connectivity index (χ1v) is 8.24. The lowest BCUT2D eigenvalue weighted by Crippen LogP contribution is -2.37. The van der Waals surface area contributed by atoms with Crippen LogP contribution in [-0.2, 0) is 19.4 Å². The molecule has 1 atom stereocenters. The van der Waals surface area contributed by atoms with Crippen LogP contribution in [0.1, 0.15) is 5.69 Å². The van der Waals surface area contributed by atoms with E-state index in [-0.39, 0.29) is 5.78 Å². The van der Waals surface area contributed by atoms with E-state index in [9.17, 15) is 14.4 Å². The summed E-state index contributed by atoms with van der Waals surface area (Å²) < 4.78 is 1.50. The maximum atomic E-state index is 11.9. The molecule has 1 fully saturated rings. The molecule has 0 aromatic carbocycles. The molecule has 1 saturated heterocycles. The zero-order valence-electron chi connectivity index (χ0n) is 11.8. The van der Waals surface area contributed by atoms with Gasteiger partial charge in [-0.05, 0) is 12.2 Å². The molecule has 23 heavy (non-hydrogen) atoms. The van der Waals surface area contributed by atoms with Gasteiger partial charge in [-0.25, -0.2) is 24.3 Å². The Morgan fingerprint density at radius 1 is 1.39 bits per heavy atom. The highest BCUT2D eigenvalue weighted by Gasteiger charge is 2.35. The Labute approximate surface area is 138 Å². The van der Waals surface area contributed by atoms with Gasteiger partial charge in [-0.15, -0.1) is 23.1 Å². The van der Waals surface area contributed by atoms with Crippen molar-refractivity contribution in [2.45, 2.75) is 6.04 Å². The van der Waals surface area contributed by atoms with Crippen molar-refractivity contribution >= 4 is 58.1 Å². The Morgan fingerprint density at radius 3 is 2.91 bits per heavy atom. The summed E-state index contributed by atoms with van der Waals surface area (Å²) in [6, 6.07) is -0.614. The number of allylic oxidation sites excluding steroid dienone is 1. The molecule has 1 aromatic heterocycles. The van der Waals surface area contributed by atoms with Crippen LogP contribution in [0, 0.1) is 0 Å². The van der Waals surface area contributed by atoms with Crippen molar-refractivity contribution in [1.29, 1.82) is 0 Å². The molecule has 1 aromatic rings. The SMILES string of the molecule is CN1/C(=c2\nc3c(s2)=CC(=O)C=C3)SC[C@@H]1C(=O)OOC(N)=O. The predicted molar refractivity (Wildman–Crippen MR) is 84.0 cm³/mol. The number of hydrogen-bond donors (Lipinski definition) is 1. The van der Waals surface area contributed by atoms with Crippen LogP contribution >= 0.6 is 23.1 Å². The van der Waals surface area contributed by atoms with E-state index in [0.717, 1.165) is 15.3 Å². The van der Waals surface area contributed by atoms with E-state index in [1.54, 1.807) is 18.0 Å². The van der Waals surface area contributed by atoms with Crippen molar-refractivity contribution in [2.75, 3.05) is 12.8 Å². The molecule has 1 aliphatic carbocycles. The smallest absolute Gasteiger partial charge is 0.353 e. The number of aromatic nitrogens is 1. The van der Waals surface area contributed by atoms with E-state index in [2.05, 4.69) is 14.8 Å². The maximum Gasteiger partial charge on any atom is 0.447 e. The number of thiazole rings is 1. The Bertz CT molecular complexity index is 844. The first-order chi connectivity index (χ1) is 11.0. The van der Waals surface area contributed by atoms with Crippen molar-refractivity contribution < 1.29 is 24.2 Å². The number of nitrogens with zero attached hydrogens (tertiary/aromatic N) is 2. The average molecular weight is 353 g/mol. The standard InChI is InChI=1S/C13H11N3O5S2/c1-16-8(12(18)20-21-13(14)19)5-22-11(16)10-15-7-3-2-6(17)4-9(7)23-10/h2-4,8H,5H2,1H3,(H2,14,19)/b11-10-/t8-/m1/s1. The fraction of sp³-hybridized carbons (Fsp3) is 0.231. The molecule has 0 bridgehead atoms. The summed E-state index contributed by atoms with van der Waals surface area (Å²) in [5.41, 5.74) is 5.48. The molecule has 8 nitrogen and oxygen atoms in total. The fourth-order valence-corrected chi connectivity index (χ4v) is 4.54. The fourth-order valence-electron chi connectivity index (χ4n) is 2.09. The molecule has 2 heterocycles. The second-order valence-electron chi connectivity index (χ2n) is 4.70. The van der Waals surface area contributed by atoms with Gasteiger partial charge in [0.25, 0.3) is 0 Å².